The highest BCUT2D eigenvalue weighted by molar-refractivity contribution is 6.30. The van der Waals surface area contributed by atoms with Crippen molar-refractivity contribution in [2.24, 2.45) is 0 Å². The molecule has 0 N–H and O–H groups in total. The Morgan fingerprint density at radius 1 is 1.06 bits per heavy atom. The molecule has 1 aromatic heterocycles. The zero-order valence-electron chi connectivity index (χ0n) is 17.8. The minimum Gasteiger partial charge on any atom is -0.368 e. The van der Waals surface area contributed by atoms with Crippen molar-refractivity contribution in [3.05, 3.63) is 81.5 Å². The zero-order chi connectivity index (χ0) is 22.7. The molecule has 1 saturated heterocycles. The number of amides is 1. The maximum atomic E-state index is 13.2. The van der Waals surface area contributed by atoms with E-state index in [1.807, 2.05) is 13.0 Å². The van der Waals surface area contributed by atoms with Gasteiger partial charge in [0.1, 0.15) is 18.2 Å². The average Bonchev–Trinajstić information content (AvgIpc) is 2.80. The fraction of sp³-hybridized carbons (Fsp3) is 0.292. The van der Waals surface area contributed by atoms with Gasteiger partial charge in [0.2, 0.25) is 5.91 Å². The van der Waals surface area contributed by atoms with Crippen molar-refractivity contribution in [3.63, 3.8) is 0 Å². The lowest BCUT2D eigenvalue weighted by Gasteiger charge is -2.36. The number of piperazine rings is 1. The Morgan fingerprint density at radius 2 is 1.78 bits per heavy atom. The normalized spacial score (nSPS) is 14.0. The standard InChI is InChI=1S/C24H24ClFN4O2/c1-2-20-15-22(31)30(24(27-20)17-4-3-5-18(25)14-17)16-23(32)29-12-10-28(11-13-29)21-8-6-19(26)7-9-21/h3-9,14-15H,2,10-13,16H2,1H3. The van der Waals surface area contributed by atoms with E-state index in [9.17, 15) is 14.0 Å². The molecule has 0 bridgehead atoms. The molecule has 4 rings (SSSR count). The van der Waals surface area contributed by atoms with E-state index in [0.717, 1.165) is 5.69 Å². The summed E-state index contributed by atoms with van der Waals surface area (Å²) in [5.74, 6) is 0.0292. The van der Waals surface area contributed by atoms with Crippen molar-refractivity contribution in [1.82, 2.24) is 14.5 Å². The van der Waals surface area contributed by atoms with Crippen LogP contribution in [0.5, 0.6) is 0 Å². The molecule has 0 spiro atoms. The molecule has 0 aliphatic carbocycles. The van der Waals surface area contributed by atoms with Crippen LogP contribution in [0.2, 0.25) is 5.02 Å². The van der Waals surface area contributed by atoms with Gasteiger partial charge in [-0.3, -0.25) is 14.2 Å². The first-order valence-electron chi connectivity index (χ1n) is 10.6. The molecule has 0 radical (unpaired) electrons. The number of anilines is 1. The Hall–Kier alpha value is -3.19. The van der Waals surface area contributed by atoms with Crippen LogP contribution >= 0.6 is 11.6 Å². The molecule has 3 aromatic rings. The Kier molecular flexibility index (Phi) is 6.55. The first-order chi connectivity index (χ1) is 15.4. The number of carbonyl (C=O) groups excluding carboxylic acids is 1. The van der Waals surface area contributed by atoms with E-state index in [-0.39, 0.29) is 23.8 Å². The smallest absolute Gasteiger partial charge is 0.254 e. The molecular weight excluding hydrogens is 431 g/mol. The summed E-state index contributed by atoms with van der Waals surface area (Å²) < 4.78 is 14.6. The van der Waals surface area contributed by atoms with E-state index in [4.69, 9.17) is 11.6 Å². The zero-order valence-corrected chi connectivity index (χ0v) is 18.6. The van der Waals surface area contributed by atoms with Crippen molar-refractivity contribution < 1.29 is 9.18 Å². The molecule has 0 saturated carbocycles. The Labute approximate surface area is 190 Å². The van der Waals surface area contributed by atoms with Gasteiger partial charge < -0.3 is 9.80 Å². The second-order valence-electron chi connectivity index (χ2n) is 7.70. The fourth-order valence-electron chi connectivity index (χ4n) is 3.84. The number of halogens is 2. The van der Waals surface area contributed by atoms with Crippen LogP contribution in [-0.4, -0.2) is 46.5 Å². The summed E-state index contributed by atoms with van der Waals surface area (Å²) in [6.45, 7) is 4.17. The highest BCUT2D eigenvalue weighted by atomic mass is 35.5. The molecule has 1 aliphatic heterocycles. The third-order valence-electron chi connectivity index (χ3n) is 5.62. The molecular formula is C24H24ClFN4O2. The van der Waals surface area contributed by atoms with Gasteiger partial charge in [0.15, 0.2) is 0 Å². The predicted molar refractivity (Wildman–Crippen MR) is 124 cm³/mol. The third-order valence-corrected chi connectivity index (χ3v) is 5.86. The number of hydrogen-bond acceptors (Lipinski definition) is 4. The van der Waals surface area contributed by atoms with E-state index in [1.54, 1.807) is 35.2 Å². The first kappa shape index (κ1) is 22.0. The maximum Gasteiger partial charge on any atom is 0.254 e. The Balaban J connectivity index is 1.52. The maximum absolute atomic E-state index is 13.2. The van der Waals surface area contributed by atoms with Gasteiger partial charge in [-0.05, 0) is 42.8 Å². The van der Waals surface area contributed by atoms with Crippen LogP contribution < -0.4 is 10.5 Å². The molecule has 1 fully saturated rings. The van der Waals surface area contributed by atoms with Gasteiger partial charge in [0, 0.05) is 54.2 Å². The van der Waals surface area contributed by atoms with E-state index >= 15 is 0 Å². The minimum atomic E-state index is -0.272. The molecule has 2 aromatic carbocycles. The lowest BCUT2D eigenvalue weighted by molar-refractivity contribution is -0.132. The Morgan fingerprint density at radius 3 is 2.44 bits per heavy atom. The molecule has 32 heavy (non-hydrogen) atoms. The van der Waals surface area contributed by atoms with E-state index < -0.39 is 0 Å². The summed E-state index contributed by atoms with van der Waals surface area (Å²) in [4.78, 5) is 34.4. The van der Waals surface area contributed by atoms with Gasteiger partial charge in [0.05, 0.1) is 0 Å². The molecule has 6 nitrogen and oxygen atoms in total. The summed E-state index contributed by atoms with van der Waals surface area (Å²) >= 11 is 6.15. The minimum absolute atomic E-state index is 0.0891. The van der Waals surface area contributed by atoms with Gasteiger partial charge in [-0.25, -0.2) is 9.37 Å². The number of carbonyl (C=O) groups is 1. The lowest BCUT2D eigenvalue weighted by atomic mass is 10.2. The largest absolute Gasteiger partial charge is 0.368 e. The van der Waals surface area contributed by atoms with Crippen LogP contribution in [0.1, 0.15) is 12.6 Å². The number of benzene rings is 2. The summed E-state index contributed by atoms with van der Waals surface area (Å²) in [7, 11) is 0. The number of rotatable bonds is 5. The van der Waals surface area contributed by atoms with Crippen molar-refractivity contribution in [3.8, 4) is 11.4 Å². The monoisotopic (exact) mass is 454 g/mol. The summed E-state index contributed by atoms with van der Waals surface area (Å²) in [5.41, 5.74) is 2.03. The van der Waals surface area contributed by atoms with Gasteiger partial charge in [-0.1, -0.05) is 30.7 Å². The van der Waals surface area contributed by atoms with Crippen molar-refractivity contribution >= 4 is 23.2 Å². The summed E-state index contributed by atoms with van der Waals surface area (Å²) in [6.07, 6.45) is 0.614. The van der Waals surface area contributed by atoms with Crippen LogP contribution in [0.4, 0.5) is 10.1 Å². The van der Waals surface area contributed by atoms with Crippen LogP contribution in [0.15, 0.2) is 59.4 Å². The second kappa shape index (κ2) is 9.53. The first-order valence-corrected chi connectivity index (χ1v) is 11.0. The van der Waals surface area contributed by atoms with E-state index in [2.05, 4.69) is 9.88 Å². The fourth-order valence-corrected chi connectivity index (χ4v) is 4.03. The highest BCUT2D eigenvalue weighted by Crippen LogP contribution is 2.21. The number of nitrogens with zero attached hydrogens (tertiary/aromatic N) is 4. The van der Waals surface area contributed by atoms with Crippen LogP contribution in [0, 0.1) is 5.82 Å². The third kappa shape index (κ3) is 4.83. The highest BCUT2D eigenvalue weighted by Gasteiger charge is 2.23. The lowest BCUT2D eigenvalue weighted by Crippen LogP contribution is -2.50. The molecule has 2 heterocycles. The van der Waals surface area contributed by atoms with Crippen molar-refractivity contribution in [1.29, 1.82) is 0 Å². The predicted octanol–water partition coefficient (Wildman–Crippen LogP) is 3.61. The van der Waals surface area contributed by atoms with Gasteiger partial charge >= 0.3 is 0 Å². The van der Waals surface area contributed by atoms with Crippen LogP contribution in [0.25, 0.3) is 11.4 Å². The number of hydrogen-bond donors (Lipinski definition) is 0. The molecule has 0 atom stereocenters. The molecule has 1 amide bonds. The number of aromatic nitrogens is 2. The topological polar surface area (TPSA) is 58.4 Å². The molecule has 1 aliphatic rings. The Bertz CT molecular complexity index is 1170. The van der Waals surface area contributed by atoms with E-state index in [0.29, 0.717) is 54.7 Å². The van der Waals surface area contributed by atoms with Gasteiger partial charge in [0.25, 0.3) is 5.56 Å². The summed E-state index contributed by atoms with van der Waals surface area (Å²) in [5, 5.41) is 0.536. The quantitative estimate of drug-likeness (QED) is 0.591. The number of aryl methyl sites for hydroxylation is 1. The summed E-state index contributed by atoms with van der Waals surface area (Å²) in [6, 6.07) is 14.9. The van der Waals surface area contributed by atoms with Gasteiger partial charge in [-0.15, -0.1) is 0 Å². The van der Waals surface area contributed by atoms with E-state index in [1.165, 1.54) is 22.8 Å². The van der Waals surface area contributed by atoms with Gasteiger partial charge in [-0.2, -0.15) is 0 Å². The van der Waals surface area contributed by atoms with Crippen molar-refractivity contribution in [2.45, 2.75) is 19.9 Å². The second-order valence-corrected chi connectivity index (χ2v) is 8.14. The van der Waals surface area contributed by atoms with Crippen LogP contribution in [0.3, 0.4) is 0 Å². The molecule has 166 valence electrons. The SMILES string of the molecule is CCc1cc(=O)n(CC(=O)N2CCN(c3ccc(F)cc3)CC2)c(-c2cccc(Cl)c2)n1. The molecule has 0 unspecified atom stereocenters. The molecule has 8 heteroatoms. The van der Waals surface area contributed by atoms with Crippen LogP contribution in [-0.2, 0) is 17.8 Å². The van der Waals surface area contributed by atoms with Crippen molar-refractivity contribution in [2.75, 3.05) is 31.1 Å². The average molecular weight is 455 g/mol.